The number of nitrogens with zero attached hydrogens (tertiary/aromatic N) is 1. The van der Waals surface area contributed by atoms with Gasteiger partial charge >= 0.3 is 0 Å². The number of anilines is 1. The van der Waals surface area contributed by atoms with Gasteiger partial charge in [0.25, 0.3) is 11.8 Å². The van der Waals surface area contributed by atoms with Gasteiger partial charge in [0.15, 0.2) is 17.3 Å². The second-order valence-electron chi connectivity index (χ2n) is 7.06. The van der Waals surface area contributed by atoms with Gasteiger partial charge in [-0.05, 0) is 37.8 Å². The average molecular weight is 438 g/mol. The van der Waals surface area contributed by atoms with Crippen LogP contribution in [0, 0.1) is 11.6 Å². The van der Waals surface area contributed by atoms with Crippen LogP contribution in [0.3, 0.4) is 0 Å². The normalized spacial score (nSPS) is 18.5. The molecule has 0 unspecified atom stereocenters. The van der Waals surface area contributed by atoms with Crippen LogP contribution in [0.5, 0.6) is 5.75 Å². The summed E-state index contributed by atoms with van der Waals surface area (Å²) in [7, 11) is 2.79. The van der Waals surface area contributed by atoms with Crippen molar-refractivity contribution in [2.45, 2.75) is 37.8 Å². The van der Waals surface area contributed by atoms with E-state index in [1.54, 1.807) is 7.11 Å². The molecule has 31 heavy (non-hydrogen) atoms. The monoisotopic (exact) mass is 438 g/mol. The number of hydrogen-bond acceptors (Lipinski definition) is 6. The third-order valence-electron chi connectivity index (χ3n) is 5.04. The number of H-pyrrole nitrogens is 1. The molecule has 0 bridgehead atoms. The smallest absolute Gasteiger partial charge is 0.274 e. The fraction of sp³-hybridized carbons (Fsp3) is 0.450. The van der Waals surface area contributed by atoms with Crippen molar-refractivity contribution in [1.82, 2.24) is 15.5 Å². The van der Waals surface area contributed by atoms with Crippen molar-refractivity contribution in [3.63, 3.8) is 0 Å². The molecule has 2 aromatic rings. The molecular formula is C20H24F2N4O5. The summed E-state index contributed by atoms with van der Waals surface area (Å²) >= 11 is 0. The zero-order chi connectivity index (χ0) is 22.4. The summed E-state index contributed by atoms with van der Waals surface area (Å²) in [4.78, 5) is 25.2. The summed E-state index contributed by atoms with van der Waals surface area (Å²) in [6.45, 7) is 0.231. The Kier molecular flexibility index (Phi) is 7.53. The lowest BCUT2D eigenvalue weighted by molar-refractivity contribution is -0.0837. The van der Waals surface area contributed by atoms with Crippen molar-refractivity contribution < 1.29 is 32.6 Å². The van der Waals surface area contributed by atoms with Crippen molar-refractivity contribution >= 4 is 17.5 Å². The largest absolute Gasteiger partial charge is 0.496 e. The SMILES string of the molecule is COCOC1CCC(NC(=O)c2n[nH]cc2NC(=O)c2c(OC)ccc(F)c2F)CC1. The van der Waals surface area contributed by atoms with Gasteiger partial charge in [-0.1, -0.05) is 0 Å². The van der Waals surface area contributed by atoms with Crippen molar-refractivity contribution in [2.75, 3.05) is 26.3 Å². The second-order valence-corrected chi connectivity index (χ2v) is 7.06. The molecule has 168 valence electrons. The second kappa shape index (κ2) is 10.3. The van der Waals surface area contributed by atoms with Crippen molar-refractivity contribution in [2.24, 2.45) is 0 Å². The number of benzene rings is 1. The molecule has 3 N–H and O–H groups in total. The Balaban J connectivity index is 1.65. The van der Waals surface area contributed by atoms with Crippen molar-refractivity contribution in [3.8, 4) is 5.75 Å². The Morgan fingerprint density at radius 2 is 1.90 bits per heavy atom. The molecule has 1 fully saturated rings. The molecule has 0 saturated heterocycles. The van der Waals surface area contributed by atoms with Gasteiger partial charge in [0.05, 0.1) is 18.9 Å². The van der Waals surface area contributed by atoms with Crippen LogP contribution in [-0.2, 0) is 9.47 Å². The molecule has 9 nitrogen and oxygen atoms in total. The highest BCUT2D eigenvalue weighted by molar-refractivity contribution is 6.09. The van der Waals surface area contributed by atoms with Crippen LogP contribution in [-0.4, -0.2) is 55.2 Å². The fourth-order valence-electron chi connectivity index (χ4n) is 3.45. The van der Waals surface area contributed by atoms with E-state index in [1.165, 1.54) is 13.3 Å². The first-order valence-corrected chi connectivity index (χ1v) is 9.73. The van der Waals surface area contributed by atoms with E-state index in [0.717, 1.165) is 37.8 Å². The van der Waals surface area contributed by atoms with Crippen molar-refractivity contribution in [1.29, 1.82) is 0 Å². The molecule has 2 amide bonds. The molecule has 0 aliphatic heterocycles. The number of rotatable bonds is 8. The van der Waals surface area contributed by atoms with E-state index in [9.17, 15) is 18.4 Å². The van der Waals surface area contributed by atoms with Crippen LogP contribution in [0.15, 0.2) is 18.3 Å². The number of aromatic nitrogens is 2. The third kappa shape index (κ3) is 5.36. The average Bonchev–Trinajstić information content (AvgIpc) is 3.23. The highest BCUT2D eigenvalue weighted by atomic mass is 19.2. The van der Waals surface area contributed by atoms with Crippen LogP contribution in [0.2, 0.25) is 0 Å². The zero-order valence-electron chi connectivity index (χ0n) is 17.2. The number of halogens is 2. The van der Waals surface area contributed by atoms with Crippen LogP contribution in [0.1, 0.15) is 46.5 Å². The minimum Gasteiger partial charge on any atom is -0.496 e. The highest BCUT2D eigenvalue weighted by Gasteiger charge is 2.27. The molecule has 1 aliphatic carbocycles. The first-order valence-electron chi connectivity index (χ1n) is 9.73. The van der Waals surface area contributed by atoms with E-state index in [1.807, 2.05) is 0 Å². The maximum absolute atomic E-state index is 14.2. The molecule has 0 radical (unpaired) electrons. The van der Waals surface area contributed by atoms with E-state index in [4.69, 9.17) is 14.2 Å². The molecule has 1 aromatic carbocycles. The first-order chi connectivity index (χ1) is 14.9. The summed E-state index contributed by atoms with van der Waals surface area (Å²) in [6, 6.07) is 1.93. The van der Waals surface area contributed by atoms with Gasteiger partial charge in [-0.25, -0.2) is 8.78 Å². The van der Waals surface area contributed by atoms with E-state index < -0.39 is 29.0 Å². The van der Waals surface area contributed by atoms with Gasteiger partial charge in [-0.2, -0.15) is 5.10 Å². The van der Waals surface area contributed by atoms with Gasteiger partial charge in [0.1, 0.15) is 18.1 Å². The van der Waals surface area contributed by atoms with Gasteiger partial charge in [-0.3, -0.25) is 14.7 Å². The molecule has 1 saturated carbocycles. The predicted molar refractivity (Wildman–Crippen MR) is 106 cm³/mol. The zero-order valence-corrected chi connectivity index (χ0v) is 17.2. The Hall–Kier alpha value is -3.05. The lowest BCUT2D eigenvalue weighted by atomic mass is 9.93. The van der Waals surface area contributed by atoms with Gasteiger partial charge in [0.2, 0.25) is 0 Å². The summed E-state index contributed by atoms with van der Waals surface area (Å²) in [6.07, 6.45) is 4.36. The Bertz CT molecular complexity index is 928. The number of carbonyl (C=O) groups is 2. The topological polar surface area (TPSA) is 115 Å². The number of amides is 2. The minimum atomic E-state index is -1.35. The summed E-state index contributed by atoms with van der Waals surface area (Å²) in [5.41, 5.74) is -0.642. The minimum absolute atomic E-state index is 0.0327. The lowest BCUT2D eigenvalue weighted by Crippen LogP contribution is -2.39. The van der Waals surface area contributed by atoms with Gasteiger partial charge < -0.3 is 24.8 Å². The van der Waals surface area contributed by atoms with E-state index in [0.29, 0.717) is 0 Å². The number of hydrogen-bond donors (Lipinski definition) is 3. The molecule has 1 aliphatic rings. The number of carbonyl (C=O) groups excluding carboxylic acids is 2. The molecule has 1 aromatic heterocycles. The van der Waals surface area contributed by atoms with E-state index in [-0.39, 0.29) is 36.1 Å². The number of ether oxygens (including phenoxy) is 3. The predicted octanol–water partition coefficient (Wildman–Crippen LogP) is 2.61. The van der Waals surface area contributed by atoms with Crippen LogP contribution in [0.25, 0.3) is 0 Å². The van der Waals surface area contributed by atoms with E-state index in [2.05, 4.69) is 20.8 Å². The Morgan fingerprint density at radius 3 is 2.58 bits per heavy atom. The Labute approximate surface area is 177 Å². The molecule has 1 heterocycles. The number of aromatic amines is 1. The van der Waals surface area contributed by atoms with Gasteiger partial charge in [0, 0.05) is 19.3 Å². The summed E-state index contributed by atoms with van der Waals surface area (Å²) in [5, 5.41) is 11.6. The van der Waals surface area contributed by atoms with Crippen LogP contribution in [0.4, 0.5) is 14.5 Å². The maximum atomic E-state index is 14.2. The van der Waals surface area contributed by atoms with Crippen LogP contribution < -0.4 is 15.4 Å². The molecule has 3 rings (SSSR count). The standard InChI is InChI=1S/C20H24F2N4O5/c1-29-10-31-12-5-3-11(4-6-12)24-20(28)18-14(9-23-26-18)25-19(27)16-15(30-2)8-7-13(21)17(16)22/h7-9,11-12H,3-6,10H2,1-2H3,(H,23,26)(H,24,28)(H,25,27). The number of nitrogens with one attached hydrogen (secondary N) is 3. The van der Waals surface area contributed by atoms with Crippen molar-refractivity contribution in [3.05, 3.63) is 41.2 Å². The fourth-order valence-corrected chi connectivity index (χ4v) is 3.45. The van der Waals surface area contributed by atoms with E-state index >= 15 is 0 Å². The third-order valence-corrected chi connectivity index (χ3v) is 5.04. The first kappa shape index (κ1) is 22.6. The maximum Gasteiger partial charge on any atom is 0.274 e. The molecule has 0 atom stereocenters. The lowest BCUT2D eigenvalue weighted by Gasteiger charge is -2.28. The quantitative estimate of drug-likeness (QED) is 0.546. The molecular weight excluding hydrogens is 414 g/mol. The number of methoxy groups -OCH3 is 2. The van der Waals surface area contributed by atoms with Gasteiger partial charge in [-0.15, -0.1) is 0 Å². The Morgan fingerprint density at radius 1 is 1.16 bits per heavy atom. The molecule has 11 heteroatoms. The molecule has 0 spiro atoms. The summed E-state index contributed by atoms with van der Waals surface area (Å²) in [5.74, 6) is -4.15. The van der Waals surface area contributed by atoms with Crippen LogP contribution >= 0.6 is 0 Å². The summed E-state index contributed by atoms with van der Waals surface area (Å²) < 4.78 is 43.1. The highest BCUT2D eigenvalue weighted by Crippen LogP contribution is 2.26.